The molecule has 0 bridgehead atoms. The van der Waals surface area contributed by atoms with Crippen LogP contribution in [0.4, 0.5) is 5.69 Å². The topological polar surface area (TPSA) is 102 Å². The highest BCUT2D eigenvalue weighted by molar-refractivity contribution is 7.89. The van der Waals surface area contributed by atoms with Crippen molar-refractivity contribution < 1.29 is 27.5 Å². The maximum atomic E-state index is 12.8. The fourth-order valence-corrected chi connectivity index (χ4v) is 4.39. The van der Waals surface area contributed by atoms with Gasteiger partial charge in [-0.3, -0.25) is 9.59 Å². The molecule has 1 fully saturated rings. The molecule has 1 saturated heterocycles. The van der Waals surface area contributed by atoms with Crippen LogP contribution in [-0.2, 0) is 19.6 Å². The number of carbonyl (C=O) groups excluding carboxylic acids is 2. The minimum Gasteiger partial charge on any atom is -0.484 e. The van der Waals surface area contributed by atoms with Gasteiger partial charge in [0.05, 0.1) is 18.1 Å². The maximum Gasteiger partial charge on any atom is 0.262 e. The van der Waals surface area contributed by atoms with Crippen molar-refractivity contribution in [2.24, 2.45) is 0 Å². The second kappa shape index (κ2) is 9.38. The van der Waals surface area contributed by atoms with E-state index in [0.717, 1.165) is 5.56 Å². The van der Waals surface area contributed by atoms with Crippen molar-refractivity contribution in [2.45, 2.75) is 18.7 Å². The molecule has 0 aromatic heterocycles. The number of nitrogens with one attached hydrogen (secondary N) is 1. The Hall–Kier alpha value is -2.75. The summed E-state index contributed by atoms with van der Waals surface area (Å²) in [7, 11) is -3.66. The Kier molecular flexibility index (Phi) is 6.86. The van der Waals surface area contributed by atoms with Gasteiger partial charge in [0.25, 0.3) is 5.91 Å². The number of Topliss-reactive ketones (excluding diaryl/α,β-unsaturated/α-hetero) is 1. The Morgan fingerprint density at radius 2 is 1.77 bits per heavy atom. The van der Waals surface area contributed by atoms with Crippen molar-refractivity contribution in [3.63, 3.8) is 0 Å². The molecule has 0 unspecified atom stereocenters. The molecule has 1 amide bonds. The van der Waals surface area contributed by atoms with Gasteiger partial charge in [-0.1, -0.05) is 6.07 Å². The number of anilines is 1. The quantitative estimate of drug-likeness (QED) is 0.674. The van der Waals surface area contributed by atoms with Gasteiger partial charge in [0.1, 0.15) is 5.75 Å². The Balaban J connectivity index is 1.66. The van der Waals surface area contributed by atoms with E-state index in [2.05, 4.69) is 5.32 Å². The lowest BCUT2D eigenvalue weighted by molar-refractivity contribution is -0.118. The number of benzene rings is 2. The second-order valence-corrected chi connectivity index (χ2v) is 8.85. The van der Waals surface area contributed by atoms with Crippen LogP contribution < -0.4 is 10.1 Å². The van der Waals surface area contributed by atoms with Crippen molar-refractivity contribution in [3.05, 3.63) is 53.6 Å². The number of ketones is 1. The zero-order chi connectivity index (χ0) is 21.7. The third-order valence-electron chi connectivity index (χ3n) is 4.72. The van der Waals surface area contributed by atoms with Gasteiger partial charge < -0.3 is 14.8 Å². The number of rotatable bonds is 7. The van der Waals surface area contributed by atoms with Crippen LogP contribution in [-0.4, -0.2) is 57.3 Å². The lowest BCUT2D eigenvalue weighted by atomic mass is 10.1. The van der Waals surface area contributed by atoms with Crippen molar-refractivity contribution in [2.75, 3.05) is 38.2 Å². The number of carbonyl (C=O) groups is 2. The summed E-state index contributed by atoms with van der Waals surface area (Å²) in [4.78, 5) is 23.7. The molecule has 8 nitrogen and oxygen atoms in total. The Bertz CT molecular complexity index is 1030. The number of hydrogen-bond acceptors (Lipinski definition) is 6. The molecule has 30 heavy (non-hydrogen) atoms. The molecule has 3 rings (SSSR count). The summed E-state index contributed by atoms with van der Waals surface area (Å²) in [6.45, 7) is 4.32. The van der Waals surface area contributed by atoms with Crippen molar-refractivity contribution in [3.8, 4) is 5.75 Å². The van der Waals surface area contributed by atoms with Gasteiger partial charge in [-0.25, -0.2) is 8.42 Å². The molecular weight excluding hydrogens is 408 g/mol. The van der Waals surface area contributed by atoms with Gasteiger partial charge in [0, 0.05) is 24.3 Å². The summed E-state index contributed by atoms with van der Waals surface area (Å²) in [5.74, 6) is -0.0214. The largest absolute Gasteiger partial charge is 0.484 e. The molecule has 0 radical (unpaired) electrons. The first kappa shape index (κ1) is 21.9. The molecule has 1 heterocycles. The van der Waals surface area contributed by atoms with Crippen LogP contribution >= 0.6 is 0 Å². The molecule has 160 valence electrons. The normalized spacial score (nSPS) is 14.9. The predicted molar refractivity (Wildman–Crippen MR) is 111 cm³/mol. The number of nitrogens with zero attached hydrogens (tertiary/aromatic N) is 1. The van der Waals surface area contributed by atoms with E-state index in [1.807, 2.05) is 0 Å². The molecule has 0 saturated carbocycles. The zero-order valence-electron chi connectivity index (χ0n) is 16.9. The molecule has 1 aliphatic rings. The van der Waals surface area contributed by atoms with E-state index in [-0.39, 0.29) is 17.3 Å². The van der Waals surface area contributed by atoms with Gasteiger partial charge >= 0.3 is 0 Å². The highest BCUT2D eigenvalue weighted by Gasteiger charge is 2.26. The van der Waals surface area contributed by atoms with Crippen molar-refractivity contribution in [1.82, 2.24) is 4.31 Å². The Morgan fingerprint density at radius 1 is 1.10 bits per heavy atom. The summed E-state index contributed by atoms with van der Waals surface area (Å²) < 4.78 is 37.7. The highest BCUT2D eigenvalue weighted by atomic mass is 32.2. The third kappa shape index (κ3) is 5.24. The SMILES string of the molecule is CC(=O)c1ccc(OCC(=O)Nc2cc(S(=O)(=O)N3CCOCC3)ccc2C)cc1. The van der Waals surface area contributed by atoms with Gasteiger partial charge in [0.15, 0.2) is 12.4 Å². The molecule has 1 N–H and O–H groups in total. The van der Waals surface area contributed by atoms with Gasteiger partial charge in [0.2, 0.25) is 10.0 Å². The smallest absolute Gasteiger partial charge is 0.262 e. The first-order chi connectivity index (χ1) is 14.3. The fraction of sp³-hybridized carbons (Fsp3) is 0.333. The molecular formula is C21H24N2O6S. The van der Waals surface area contributed by atoms with Crippen LogP contribution in [0.3, 0.4) is 0 Å². The van der Waals surface area contributed by atoms with Crippen LogP contribution in [0.2, 0.25) is 0 Å². The minimum absolute atomic E-state index is 0.0540. The first-order valence-corrected chi connectivity index (χ1v) is 10.9. The van der Waals surface area contributed by atoms with Gasteiger partial charge in [-0.15, -0.1) is 0 Å². The van der Waals surface area contributed by atoms with E-state index in [4.69, 9.17) is 9.47 Å². The van der Waals surface area contributed by atoms with Gasteiger partial charge in [-0.05, 0) is 55.8 Å². The van der Waals surface area contributed by atoms with Crippen molar-refractivity contribution in [1.29, 1.82) is 0 Å². The number of aryl methyl sites for hydroxylation is 1. The van der Waals surface area contributed by atoms with Crippen molar-refractivity contribution >= 4 is 27.4 Å². The average Bonchev–Trinajstić information content (AvgIpc) is 2.74. The molecule has 0 spiro atoms. The van der Waals surface area contributed by atoms with Crippen LogP contribution in [0.1, 0.15) is 22.8 Å². The van der Waals surface area contributed by atoms with E-state index in [0.29, 0.717) is 43.3 Å². The molecule has 2 aromatic rings. The zero-order valence-corrected chi connectivity index (χ0v) is 17.7. The van der Waals surface area contributed by atoms with E-state index >= 15 is 0 Å². The summed E-state index contributed by atoms with van der Waals surface area (Å²) in [6, 6.07) is 11.1. The maximum absolute atomic E-state index is 12.8. The average molecular weight is 432 g/mol. The van der Waals surface area contributed by atoms with Crippen LogP contribution in [0.5, 0.6) is 5.75 Å². The fourth-order valence-electron chi connectivity index (χ4n) is 2.95. The summed E-state index contributed by atoms with van der Waals surface area (Å²) in [5, 5.41) is 2.70. The monoisotopic (exact) mass is 432 g/mol. The van der Waals surface area contributed by atoms with Crippen LogP contribution in [0, 0.1) is 6.92 Å². The standard InChI is InChI=1S/C21H24N2O6S/c1-15-3-8-19(30(26,27)23-9-11-28-12-10-23)13-20(15)22-21(25)14-29-18-6-4-17(5-7-18)16(2)24/h3-8,13H,9-12,14H2,1-2H3,(H,22,25). The second-order valence-electron chi connectivity index (χ2n) is 6.91. The lowest BCUT2D eigenvalue weighted by Crippen LogP contribution is -2.40. The number of amides is 1. The molecule has 1 aliphatic heterocycles. The Labute approximate surface area is 175 Å². The minimum atomic E-state index is -3.66. The lowest BCUT2D eigenvalue weighted by Gasteiger charge is -2.26. The van der Waals surface area contributed by atoms with E-state index in [1.54, 1.807) is 37.3 Å². The summed E-state index contributed by atoms with van der Waals surface area (Å²) in [5.41, 5.74) is 1.70. The predicted octanol–water partition coefficient (Wildman–Crippen LogP) is 2.24. The first-order valence-electron chi connectivity index (χ1n) is 9.49. The summed E-state index contributed by atoms with van der Waals surface area (Å²) >= 11 is 0. The van der Waals surface area contributed by atoms with Crippen LogP contribution in [0.15, 0.2) is 47.4 Å². The molecule has 9 heteroatoms. The van der Waals surface area contributed by atoms with E-state index in [9.17, 15) is 18.0 Å². The number of morpholine rings is 1. The molecule has 2 aromatic carbocycles. The molecule has 0 atom stereocenters. The summed E-state index contributed by atoms with van der Waals surface area (Å²) in [6.07, 6.45) is 0. The van der Waals surface area contributed by atoms with E-state index in [1.165, 1.54) is 23.4 Å². The van der Waals surface area contributed by atoms with E-state index < -0.39 is 15.9 Å². The van der Waals surface area contributed by atoms with Gasteiger partial charge in [-0.2, -0.15) is 4.31 Å². The highest BCUT2D eigenvalue weighted by Crippen LogP contribution is 2.24. The molecule has 0 aliphatic carbocycles. The third-order valence-corrected chi connectivity index (χ3v) is 6.62. The number of hydrogen-bond donors (Lipinski definition) is 1. The number of ether oxygens (including phenoxy) is 2. The van der Waals surface area contributed by atoms with Crippen LogP contribution in [0.25, 0.3) is 0 Å². The Morgan fingerprint density at radius 3 is 2.40 bits per heavy atom. The number of sulfonamides is 1.